The maximum atomic E-state index is 2.37. The third kappa shape index (κ3) is 4.60. The first-order chi connectivity index (χ1) is 10.2. The Kier molecular flexibility index (Phi) is 5.00. The molecule has 0 saturated heterocycles. The van der Waals surface area contributed by atoms with Gasteiger partial charge in [0.1, 0.15) is 0 Å². The van der Waals surface area contributed by atoms with Crippen LogP contribution in [0.3, 0.4) is 0 Å². The molecule has 1 aromatic carbocycles. The van der Waals surface area contributed by atoms with E-state index in [1.54, 1.807) is 11.1 Å². The molecule has 120 valence electrons. The highest BCUT2D eigenvalue weighted by molar-refractivity contribution is 5.30. The van der Waals surface area contributed by atoms with Crippen LogP contribution in [0.25, 0.3) is 0 Å². The van der Waals surface area contributed by atoms with Gasteiger partial charge in [-0.25, -0.2) is 0 Å². The highest BCUT2D eigenvalue weighted by atomic mass is 14.2. The van der Waals surface area contributed by atoms with Crippen molar-refractivity contribution in [2.45, 2.75) is 72.6 Å². The lowest BCUT2D eigenvalue weighted by molar-refractivity contribution is 0.478. The molecule has 0 aromatic heterocycles. The van der Waals surface area contributed by atoms with Crippen LogP contribution in [-0.4, -0.2) is 0 Å². The molecule has 0 atom stereocenters. The second-order valence-corrected chi connectivity index (χ2v) is 8.71. The zero-order valence-corrected chi connectivity index (χ0v) is 15.3. The van der Waals surface area contributed by atoms with Crippen LogP contribution in [0.2, 0.25) is 0 Å². The third-order valence-corrected chi connectivity index (χ3v) is 4.75. The Morgan fingerprint density at radius 3 is 1.82 bits per heavy atom. The zero-order valence-electron chi connectivity index (χ0n) is 15.3. The van der Waals surface area contributed by atoms with Crippen LogP contribution in [-0.2, 0) is 11.8 Å². The summed E-state index contributed by atoms with van der Waals surface area (Å²) in [4.78, 5) is 0. The van der Waals surface area contributed by atoms with Gasteiger partial charge in [-0.05, 0) is 47.6 Å². The van der Waals surface area contributed by atoms with Crippen molar-refractivity contribution in [1.29, 1.82) is 0 Å². The van der Waals surface area contributed by atoms with Crippen LogP contribution < -0.4 is 0 Å². The monoisotopic (exact) mass is 296 g/mol. The number of aryl methyl sites for hydroxylation is 1. The highest BCUT2D eigenvalue weighted by Crippen LogP contribution is 2.34. The molecule has 0 radical (unpaired) electrons. The molecule has 0 fully saturated rings. The van der Waals surface area contributed by atoms with Crippen molar-refractivity contribution in [3.8, 4) is 0 Å². The van der Waals surface area contributed by atoms with Gasteiger partial charge in [-0.2, -0.15) is 0 Å². The second-order valence-electron chi connectivity index (χ2n) is 8.71. The van der Waals surface area contributed by atoms with Gasteiger partial charge in [0.05, 0.1) is 0 Å². The summed E-state index contributed by atoms with van der Waals surface area (Å²) in [6.45, 7) is 13.8. The Hall–Kier alpha value is -1.30. The van der Waals surface area contributed by atoms with Gasteiger partial charge >= 0.3 is 0 Å². The van der Waals surface area contributed by atoms with Crippen LogP contribution in [0.4, 0.5) is 0 Å². The fourth-order valence-corrected chi connectivity index (χ4v) is 2.99. The van der Waals surface area contributed by atoms with E-state index >= 15 is 0 Å². The van der Waals surface area contributed by atoms with Crippen LogP contribution >= 0.6 is 0 Å². The SMILES string of the molecule is CC(C)(C)C1=CC=C(CCc2ccc(C(C)(C)C)cc2)CC1. The summed E-state index contributed by atoms with van der Waals surface area (Å²) in [5.41, 5.74) is 6.65. The maximum Gasteiger partial charge on any atom is -0.0132 e. The molecule has 22 heavy (non-hydrogen) atoms. The lowest BCUT2D eigenvalue weighted by Crippen LogP contribution is -2.11. The predicted molar refractivity (Wildman–Crippen MR) is 98.3 cm³/mol. The van der Waals surface area contributed by atoms with Crippen molar-refractivity contribution in [2.75, 3.05) is 0 Å². The smallest absolute Gasteiger partial charge is 0.0132 e. The zero-order chi connectivity index (χ0) is 16.4. The first kappa shape index (κ1) is 17.1. The topological polar surface area (TPSA) is 0 Å². The molecule has 0 heteroatoms. The van der Waals surface area contributed by atoms with Gasteiger partial charge in [-0.3, -0.25) is 0 Å². The van der Waals surface area contributed by atoms with Crippen LogP contribution in [0, 0.1) is 5.41 Å². The van der Waals surface area contributed by atoms with Crippen molar-refractivity contribution < 1.29 is 0 Å². The fraction of sp³-hybridized carbons (Fsp3) is 0.545. The summed E-state index contributed by atoms with van der Waals surface area (Å²) >= 11 is 0. The largest absolute Gasteiger partial charge is 0.0696 e. The second kappa shape index (κ2) is 6.44. The van der Waals surface area contributed by atoms with Crippen molar-refractivity contribution in [3.05, 3.63) is 58.7 Å². The quantitative estimate of drug-likeness (QED) is 0.588. The van der Waals surface area contributed by atoms with Gasteiger partial charge in [-0.15, -0.1) is 0 Å². The first-order valence-corrected chi connectivity index (χ1v) is 8.65. The number of benzene rings is 1. The van der Waals surface area contributed by atoms with Gasteiger partial charge in [0.25, 0.3) is 0 Å². The van der Waals surface area contributed by atoms with Gasteiger partial charge < -0.3 is 0 Å². The molecule has 0 N–H and O–H groups in total. The van der Waals surface area contributed by atoms with E-state index in [0.29, 0.717) is 5.41 Å². The average molecular weight is 296 g/mol. The van der Waals surface area contributed by atoms with Crippen LogP contribution in [0.15, 0.2) is 47.6 Å². The molecule has 0 heterocycles. The summed E-state index contributed by atoms with van der Waals surface area (Å²) in [6.07, 6.45) is 9.56. The molecule has 0 spiro atoms. The minimum absolute atomic E-state index is 0.249. The van der Waals surface area contributed by atoms with E-state index in [1.165, 1.54) is 30.4 Å². The minimum Gasteiger partial charge on any atom is -0.0696 e. The summed E-state index contributed by atoms with van der Waals surface area (Å²) in [7, 11) is 0. The number of rotatable bonds is 3. The molecule has 0 nitrogen and oxygen atoms in total. The maximum absolute atomic E-state index is 2.37. The highest BCUT2D eigenvalue weighted by Gasteiger charge is 2.18. The van der Waals surface area contributed by atoms with E-state index in [2.05, 4.69) is 78.0 Å². The van der Waals surface area contributed by atoms with Crippen molar-refractivity contribution in [1.82, 2.24) is 0 Å². The van der Waals surface area contributed by atoms with Gasteiger partial charge in [0.15, 0.2) is 0 Å². The molecule has 0 aliphatic heterocycles. The number of hydrogen-bond donors (Lipinski definition) is 0. The van der Waals surface area contributed by atoms with Crippen molar-refractivity contribution in [3.63, 3.8) is 0 Å². The lowest BCUT2D eigenvalue weighted by Gasteiger charge is -2.26. The molecule has 0 saturated carbocycles. The van der Waals surface area contributed by atoms with E-state index in [1.807, 2.05) is 0 Å². The predicted octanol–water partition coefficient (Wildman–Crippen LogP) is 6.61. The average Bonchev–Trinajstić information content (AvgIpc) is 2.44. The standard InChI is InChI=1S/C22H32/c1-21(2,3)19-13-9-17(10-14-19)7-8-18-11-15-20(16-12-18)22(4,5)6/h9-11,13-15H,7-8,12,16H2,1-6H3. The van der Waals surface area contributed by atoms with E-state index in [9.17, 15) is 0 Å². The lowest BCUT2D eigenvalue weighted by atomic mass is 9.80. The van der Waals surface area contributed by atoms with E-state index in [0.717, 1.165) is 6.42 Å². The summed E-state index contributed by atoms with van der Waals surface area (Å²) in [5.74, 6) is 0. The van der Waals surface area contributed by atoms with Crippen molar-refractivity contribution in [2.24, 2.45) is 5.41 Å². The molecule has 0 unspecified atom stereocenters. The Labute approximate surface area is 137 Å². The molecular weight excluding hydrogens is 264 g/mol. The summed E-state index contributed by atoms with van der Waals surface area (Å²) < 4.78 is 0. The molecule has 1 aliphatic rings. The van der Waals surface area contributed by atoms with Crippen molar-refractivity contribution >= 4 is 0 Å². The Morgan fingerprint density at radius 2 is 1.36 bits per heavy atom. The Morgan fingerprint density at radius 1 is 0.727 bits per heavy atom. The van der Waals surface area contributed by atoms with E-state index in [4.69, 9.17) is 0 Å². The number of allylic oxidation sites excluding steroid dienone is 4. The van der Waals surface area contributed by atoms with Gasteiger partial charge in [-0.1, -0.05) is 89.1 Å². The van der Waals surface area contributed by atoms with E-state index in [-0.39, 0.29) is 5.41 Å². The van der Waals surface area contributed by atoms with Crippen LogP contribution in [0.5, 0.6) is 0 Å². The molecule has 1 aromatic rings. The fourth-order valence-electron chi connectivity index (χ4n) is 2.99. The van der Waals surface area contributed by atoms with E-state index < -0.39 is 0 Å². The molecule has 1 aliphatic carbocycles. The molecule has 0 bridgehead atoms. The van der Waals surface area contributed by atoms with Gasteiger partial charge in [0.2, 0.25) is 0 Å². The first-order valence-electron chi connectivity index (χ1n) is 8.65. The molecular formula is C22H32. The summed E-state index contributed by atoms with van der Waals surface area (Å²) in [6, 6.07) is 9.20. The molecule has 2 rings (SSSR count). The number of hydrogen-bond acceptors (Lipinski definition) is 0. The normalized spacial score (nSPS) is 16.3. The molecule has 0 amide bonds. The Bertz CT molecular complexity index is 554. The van der Waals surface area contributed by atoms with Crippen LogP contribution in [0.1, 0.15) is 71.9 Å². The minimum atomic E-state index is 0.249. The Balaban J connectivity index is 1.94. The van der Waals surface area contributed by atoms with Gasteiger partial charge in [0, 0.05) is 0 Å². The summed E-state index contributed by atoms with van der Waals surface area (Å²) in [5, 5.41) is 0. The third-order valence-electron chi connectivity index (χ3n) is 4.75.